The van der Waals surface area contributed by atoms with E-state index in [0.717, 1.165) is 0 Å². The van der Waals surface area contributed by atoms with Gasteiger partial charge in [-0.1, -0.05) is 0 Å². The van der Waals surface area contributed by atoms with E-state index in [2.05, 4.69) is 5.32 Å². The first-order chi connectivity index (χ1) is 6.29. The van der Waals surface area contributed by atoms with E-state index < -0.39 is 25.4 Å². The molecule has 0 aromatic heterocycles. The molecule has 0 heterocycles. The van der Waals surface area contributed by atoms with Crippen molar-refractivity contribution < 1.29 is 73.1 Å². The van der Waals surface area contributed by atoms with Gasteiger partial charge < -0.3 is 18.3 Å². The Bertz CT molecular complexity index is 188. The summed E-state index contributed by atoms with van der Waals surface area (Å²) in [5, 5.41) is 2.27. The van der Waals surface area contributed by atoms with Crippen molar-refractivity contribution in [1.82, 2.24) is 5.32 Å². The maximum atomic E-state index is 12.6. The summed E-state index contributed by atoms with van der Waals surface area (Å²) in [6.07, 6.45) is -1.40. The fourth-order valence-electron chi connectivity index (χ4n) is 1.54. The van der Waals surface area contributed by atoms with Crippen molar-refractivity contribution in [3.63, 3.8) is 0 Å². The normalized spacial score (nSPS) is 22.2. The number of hydrogen-bond acceptors (Lipinski definition) is 1. The van der Waals surface area contributed by atoms with Crippen molar-refractivity contribution in [1.29, 1.82) is 0 Å². The quantitative estimate of drug-likeness (QED) is 0.532. The third-order valence-corrected chi connectivity index (χ3v) is 2.36. The molecule has 84 valence electrons. The molecule has 0 aromatic carbocycles. The first-order valence-electron chi connectivity index (χ1n) is 4.61. The smallest absolute Gasteiger partial charge is 0.448 e. The van der Waals surface area contributed by atoms with Gasteiger partial charge in [0.25, 0.3) is 0 Å². The molecule has 0 amide bonds. The number of hydrogen-bond donors (Lipinski definition) is 1. The fraction of sp³-hybridized carbons (Fsp3) is 1.00. The Morgan fingerprint density at radius 2 is 1.60 bits per heavy atom. The number of alkyl halides is 2. The van der Waals surface area contributed by atoms with E-state index in [1.807, 2.05) is 0 Å². The van der Waals surface area contributed by atoms with Crippen LogP contribution in [0.2, 0.25) is 0 Å². The molecule has 1 rings (SSSR count). The molecule has 0 radical (unpaired) electrons. The van der Waals surface area contributed by atoms with Crippen molar-refractivity contribution in [3.8, 4) is 0 Å². The van der Waals surface area contributed by atoms with Gasteiger partial charge in [0.05, 0.1) is 0 Å². The van der Waals surface area contributed by atoms with Crippen LogP contribution >= 0.6 is 0 Å². The van der Waals surface area contributed by atoms with Gasteiger partial charge in [-0.05, 0) is 19.3 Å². The standard InChI is InChI=1S/C7H12BF5N.K/c9-7(10)3-1-6(2-4-7)14-5-8(11,12)13;/h6,14H,1-5H2;/q-1;+1. The van der Waals surface area contributed by atoms with Crippen LogP contribution in [0, 0.1) is 0 Å². The maximum Gasteiger partial charge on any atom is 1.00 e. The second-order valence-electron chi connectivity index (χ2n) is 3.75. The van der Waals surface area contributed by atoms with Crippen molar-refractivity contribution in [2.24, 2.45) is 0 Å². The molecule has 8 heteroatoms. The van der Waals surface area contributed by atoms with Crippen LogP contribution in [-0.2, 0) is 0 Å². The van der Waals surface area contributed by atoms with E-state index in [9.17, 15) is 21.7 Å². The third-order valence-electron chi connectivity index (χ3n) is 2.36. The van der Waals surface area contributed by atoms with E-state index in [4.69, 9.17) is 0 Å². The number of nitrogens with one attached hydrogen (secondary N) is 1. The average Bonchev–Trinajstić information content (AvgIpc) is 2.01. The van der Waals surface area contributed by atoms with Crippen LogP contribution in [0.25, 0.3) is 0 Å². The molecule has 0 spiro atoms. The van der Waals surface area contributed by atoms with Gasteiger partial charge in [-0.25, -0.2) is 8.78 Å². The van der Waals surface area contributed by atoms with Crippen LogP contribution in [-0.4, -0.2) is 25.4 Å². The second-order valence-corrected chi connectivity index (χ2v) is 3.75. The number of rotatable bonds is 3. The Morgan fingerprint density at radius 1 is 1.13 bits per heavy atom. The van der Waals surface area contributed by atoms with Crippen LogP contribution < -0.4 is 56.7 Å². The molecule has 1 aliphatic carbocycles. The minimum atomic E-state index is -4.85. The molecular weight excluding hydrogens is 243 g/mol. The Labute approximate surface area is 128 Å². The van der Waals surface area contributed by atoms with Crippen molar-refractivity contribution in [3.05, 3.63) is 0 Å². The molecule has 0 atom stereocenters. The summed E-state index contributed by atoms with van der Waals surface area (Å²) >= 11 is 0. The minimum Gasteiger partial charge on any atom is -0.448 e. The molecule has 0 unspecified atom stereocenters. The molecule has 0 saturated heterocycles. The van der Waals surface area contributed by atoms with E-state index in [1.54, 1.807) is 0 Å². The molecule has 1 N–H and O–H groups in total. The zero-order valence-electron chi connectivity index (χ0n) is 8.58. The predicted octanol–water partition coefficient (Wildman–Crippen LogP) is -0.456. The summed E-state index contributed by atoms with van der Waals surface area (Å²) in [6, 6.07) is -0.405. The summed E-state index contributed by atoms with van der Waals surface area (Å²) in [7, 11) is 0. The molecule has 0 aromatic rings. The Hall–Kier alpha value is 1.31. The van der Waals surface area contributed by atoms with Crippen LogP contribution in [0.1, 0.15) is 25.7 Å². The minimum absolute atomic E-state index is 0. The summed E-state index contributed by atoms with van der Waals surface area (Å²) in [6.45, 7) is -4.85. The van der Waals surface area contributed by atoms with E-state index in [1.165, 1.54) is 0 Å². The van der Waals surface area contributed by atoms with Crippen LogP contribution in [0.5, 0.6) is 0 Å². The molecule has 1 aliphatic rings. The first kappa shape index (κ1) is 16.3. The summed E-state index contributed by atoms with van der Waals surface area (Å²) in [5.41, 5.74) is 0. The van der Waals surface area contributed by atoms with Gasteiger partial charge in [-0.2, -0.15) is 0 Å². The van der Waals surface area contributed by atoms with Crippen LogP contribution in [0.3, 0.4) is 0 Å². The van der Waals surface area contributed by atoms with Crippen molar-refractivity contribution in [2.75, 3.05) is 6.44 Å². The van der Waals surface area contributed by atoms with Gasteiger partial charge in [0.15, 0.2) is 0 Å². The van der Waals surface area contributed by atoms with Gasteiger partial charge in [-0.3, -0.25) is 0 Å². The second kappa shape index (κ2) is 6.30. The summed E-state index contributed by atoms with van der Waals surface area (Å²) in [4.78, 5) is 0. The van der Waals surface area contributed by atoms with Gasteiger partial charge in [-0.15, -0.1) is 0 Å². The van der Waals surface area contributed by atoms with E-state index in [0.29, 0.717) is 0 Å². The molecule has 15 heavy (non-hydrogen) atoms. The molecule has 1 saturated carbocycles. The van der Waals surface area contributed by atoms with Gasteiger partial charge in [0.2, 0.25) is 5.92 Å². The maximum absolute atomic E-state index is 12.6. The molecule has 0 aliphatic heterocycles. The van der Waals surface area contributed by atoms with E-state index in [-0.39, 0.29) is 77.1 Å². The summed E-state index contributed by atoms with van der Waals surface area (Å²) < 4.78 is 60.7. The first-order valence-corrected chi connectivity index (χ1v) is 4.61. The molecule has 1 fully saturated rings. The molecular formula is C7H12BF5KN. The zero-order valence-corrected chi connectivity index (χ0v) is 11.7. The largest absolute Gasteiger partial charge is 1.00 e. The monoisotopic (exact) mass is 255 g/mol. The Kier molecular flexibility index (Phi) is 6.85. The molecule has 1 nitrogen and oxygen atoms in total. The van der Waals surface area contributed by atoms with E-state index >= 15 is 0 Å². The summed E-state index contributed by atoms with van der Waals surface area (Å²) in [5.74, 6) is -2.68. The fourth-order valence-corrected chi connectivity index (χ4v) is 1.54. The zero-order chi connectivity index (χ0) is 10.8. The van der Waals surface area contributed by atoms with Crippen molar-refractivity contribution in [2.45, 2.75) is 37.6 Å². The molecule has 0 bridgehead atoms. The van der Waals surface area contributed by atoms with Gasteiger partial charge >= 0.3 is 58.4 Å². The topological polar surface area (TPSA) is 12.0 Å². The Balaban J connectivity index is 0.00000196. The van der Waals surface area contributed by atoms with Crippen molar-refractivity contribution >= 4 is 6.98 Å². The van der Waals surface area contributed by atoms with Crippen LogP contribution in [0.4, 0.5) is 21.7 Å². The van der Waals surface area contributed by atoms with Crippen LogP contribution in [0.15, 0.2) is 0 Å². The average molecular weight is 255 g/mol. The SMILES string of the molecule is F[B-](F)(F)CNC1CCC(F)(F)CC1.[K+]. The third kappa shape index (κ3) is 7.27. The van der Waals surface area contributed by atoms with Gasteiger partial charge in [0.1, 0.15) is 0 Å². The number of halogens is 5. The van der Waals surface area contributed by atoms with Gasteiger partial charge in [0, 0.05) is 18.9 Å². The predicted molar refractivity (Wildman–Crippen MR) is 44.3 cm³/mol. The Morgan fingerprint density at radius 3 is 2.00 bits per heavy atom.